The molecule has 0 amide bonds. The molecule has 0 radical (unpaired) electrons. The summed E-state index contributed by atoms with van der Waals surface area (Å²) in [5, 5.41) is 2.68. The maximum atomic E-state index is 12.9. The molecular weight excluding hydrogens is 381 g/mol. The van der Waals surface area contributed by atoms with Gasteiger partial charge in [0.05, 0.1) is 15.7 Å². The van der Waals surface area contributed by atoms with Crippen molar-refractivity contribution in [3.05, 3.63) is 96.6 Å². The quantitative estimate of drug-likeness (QED) is 0.552. The highest BCUT2D eigenvalue weighted by molar-refractivity contribution is 7.84. The second-order valence-corrected chi connectivity index (χ2v) is 12.0. The summed E-state index contributed by atoms with van der Waals surface area (Å²) < 4.78 is 16.0. The fourth-order valence-electron chi connectivity index (χ4n) is 2.96. The van der Waals surface area contributed by atoms with Crippen LogP contribution in [0, 0.1) is 0 Å². The number of rotatable bonds is 7. The first-order valence-corrected chi connectivity index (χ1v) is 12.2. The average molecular weight is 410 g/mol. The van der Waals surface area contributed by atoms with Gasteiger partial charge in [-0.25, -0.2) is 8.93 Å². The Morgan fingerprint density at radius 3 is 1.64 bits per heavy atom. The van der Waals surface area contributed by atoms with Crippen molar-refractivity contribution < 1.29 is 4.21 Å². The Balaban J connectivity index is 1.97. The highest BCUT2D eigenvalue weighted by Crippen LogP contribution is 2.38. The fourth-order valence-corrected chi connectivity index (χ4v) is 6.37. The Kier molecular flexibility index (Phi) is 7.18. The second-order valence-electron chi connectivity index (χ2n) is 7.74. The molecular formula is C24H28NOPS. The van der Waals surface area contributed by atoms with Crippen LogP contribution in [0.25, 0.3) is 0 Å². The van der Waals surface area contributed by atoms with Gasteiger partial charge in [-0.3, -0.25) is 0 Å². The van der Waals surface area contributed by atoms with Gasteiger partial charge in [0.1, 0.15) is 0 Å². The van der Waals surface area contributed by atoms with Crippen molar-refractivity contribution in [2.75, 3.05) is 6.16 Å². The zero-order valence-electron chi connectivity index (χ0n) is 16.7. The summed E-state index contributed by atoms with van der Waals surface area (Å²) in [6.45, 7) is 6.03. The third-order valence-electron chi connectivity index (χ3n) is 4.51. The third-order valence-corrected chi connectivity index (χ3v) is 8.69. The number of nitrogens with one attached hydrogen (secondary N) is 1. The van der Waals surface area contributed by atoms with Gasteiger partial charge in [0, 0.05) is 6.04 Å². The van der Waals surface area contributed by atoms with Gasteiger partial charge in [-0.15, -0.1) is 0 Å². The molecule has 0 heterocycles. The first-order chi connectivity index (χ1) is 13.4. The molecule has 3 aromatic carbocycles. The van der Waals surface area contributed by atoms with E-state index >= 15 is 0 Å². The van der Waals surface area contributed by atoms with Crippen LogP contribution in [-0.2, 0) is 11.0 Å². The predicted molar refractivity (Wildman–Crippen MR) is 124 cm³/mol. The van der Waals surface area contributed by atoms with Crippen LogP contribution >= 0.6 is 7.92 Å². The van der Waals surface area contributed by atoms with Crippen LogP contribution in [0.2, 0.25) is 0 Å². The van der Waals surface area contributed by atoms with E-state index < -0.39 is 18.9 Å². The van der Waals surface area contributed by atoms with Gasteiger partial charge in [-0.1, -0.05) is 91.0 Å². The molecule has 0 aliphatic heterocycles. The molecule has 2 nitrogen and oxygen atoms in total. The monoisotopic (exact) mass is 409 g/mol. The lowest BCUT2D eigenvalue weighted by Gasteiger charge is -2.28. The van der Waals surface area contributed by atoms with Crippen molar-refractivity contribution in [1.82, 2.24) is 4.72 Å². The van der Waals surface area contributed by atoms with E-state index in [1.807, 2.05) is 26.8 Å². The maximum Gasteiger partial charge on any atom is 0.0976 e. The zero-order chi connectivity index (χ0) is 20.0. The van der Waals surface area contributed by atoms with E-state index in [1.54, 1.807) is 0 Å². The topological polar surface area (TPSA) is 29.1 Å². The van der Waals surface area contributed by atoms with Crippen LogP contribution in [0.4, 0.5) is 0 Å². The molecule has 28 heavy (non-hydrogen) atoms. The molecule has 0 spiro atoms. The second kappa shape index (κ2) is 9.60. The van der Waals surface area contributed by atoms with Crippen molar-refractivity contribution in [1.29, 1.82) is 0 Å². The molecule has 3 aromatic rings. The molecule has 0 bridgehead atoms. The lowest BCUT2D eigenvalue weighted by atomic mass is 10.1. The molecule has 0 saturated carbocycles. The van der Waals surface area contributed by atoms with Gasteiger partial charge in [0.2, 0.25) is 0 Å². The summed E-state index contributed by atoms with van der Waals surface area (Å²) in [5.74, 6) is 0. The van der Waals surface area contributed by atoms with Crippen molar-refractivity contribution in [2.45, 2.75) is 31.6 Å². The van der Waals surface area contributed by atoms with Crippen LogP contribution in [-0.4, -0.2) is 15.1 Å². The van der Waals surface area contributed by atoms with E-state index in [4.69, 9.17) is 0 Å². The molecule has 0 aromatic heterocycles. The van der Waals surface area contributed by atoms with E-state index in [1.165, 1.54) is 16.2 Å². The summed E-state index contributed by atoms with van der Waals surface area (Å²) >= 11 is 0. The standard InChI is InChI=1S/C24H28NOPS/c1-24(2,3)28(26)25-23(20-13-7-4-8-14-20)19-27(21-15-9-5-10-16-21)22-17-11-6-12-18-22/h4-18,23,25H,19H2,1-3H3/t23-,28?/m1/s1. The predicted octanol–water partition coefficient (Wildman–Crippen LogP) is 4.91. The van der Waals surface area contributed by atoms with Crippen molar-refractivity contribution in [3.63, 3.8) is 0 Å². The zero-order valence-corrected chi connectivity index (χ0v) is 18.4. The van der Waals surface area contributed by atoms with Crippen LogP contribution in [0.1, 0.15) is 32.4 Å². The normalized spacial score (nSPS) is 14.0. The fraction of sp³-hybridized carbons (Fsp3) is 0.250. The Bertz CT molecular complexity index is 839. The molecule has 0 fully saturated rings. The van der Waals surface area contributed by atoms with Crippen LogP contribution in [0.3, 0.4) is 0 Å². The van der Waals surface area contributed by atoms with Gasteiger partial charge in [-0.05, 0) is 51.0 Å². The van der Waals surface area contributed by atoms with Crippen molar-refractivity contribution in [3.8, 4) is 0 Å². The van der Waals surface area contributed by atoms with E-state index in [-0.39, 0.29) is 10.8 Å². The first-order valence-electron chi connectivity index (χ1n) is 9.56. The highest BCUT2D eigenvalue weighted by Gasteiger charge is 2.26. The Labute approximate surface area is 172 Å². The SMILES string of the molecule is CC(C)(C)S(=O)N[C@H](CP(c1ccccc1)c1ccccc1)c1ccccc1. The van der Waals surface area contributed by atoms with Crippen molar-refractivity contribution >= 4 is 29.5 Å². The van der Waals surface area contributed by atoms with E-state index in [0.717, 1.165) is 6.16 Å². The van der Waals surface area contributed by atoms with Gasteiger partial charge in [0.25, 0.3) is 0 Å². The maximum absolute atomic E-state index is 12.9. The Morgan fingerprint density at radius 1 is 0.786 bits per heavy atom. The van der Waals surface area contributed by atoms with E-state index in [9.17, 15) is 4.21 Å². The lowest BCUT2D eigenvalue weighted by Crippen LogP contribution is -2.37. The third kappa shape index (κ3) is 5.61. The summed E-state index contributed by atoms with van der Waals surface area (Å²) in [4.78, 5) is 0. The van der Waals surface area contributed by atoms with Gasteiger partial charge < -0.3 is 0 Å². The molecule has 0 aliphatic rings. The molecule has 2 atom stereocenters. The van der Waals surface area contributed by atoms with Gasteiger partial charge >= 0.3 is 0 Å². The Morgan fingerprint density at radius 2 is 1.21 bits per heavy atom. The smallest absolute Gasteiger partial charge is 0.0976 e. The number of hydrogen-bond acceptors (Lipinski definition) is 1. The molecule has 4 heteroatoms. The molecule has 146 valence electrons. The molecule has 1 unspecified atom stereocenters. The summed E-state index contributed by atoms with van der Waals surface area (Å²) in [6.07, 6.45) is 0.898. The van der Waals surface area contributed by atoms with Gasteiger partial charge in [0.15, 0.2) is 0 Å². The van der Waals surface area contributed by atoms with Crippen molar-refractivity contribution in [2.24, 2.45) is 0 Å². The number of benzene rings is 3. The van der Waals surface area contributed by atoms with Crippen LogP contribution < -0.4 is 15.3 Å². The molecule has 3 rings (SSSR count). The minimum atomic E-state index is -1.14. The summed E-state index contributed by atoms with van der Waals surface area (Å²) in [5.41, 5.74) is 1.18. The van der Waals surface area contributed by atoms with E-state index in [0.29, 0.717) is 0 Å². The molecule has 0 saturated heterocycles. The molecule has 0 aliphatic carbocycles. The minimum absolute atomic E-state index is 0.0211. The largest absolute Gasteiger partial charge is 0.242 e. The first kappa shape index (κ1) is 20.9. The Hall–Kier alpha value is -1.80. The summed E-state index contributed by atoms with van der Waals surface area (Å²) in [6, 6.07) is 31.8. The number of hydrogen-bond donors (Lipinski definition) is 1. The van der Waals surface area contributed by atoms with E-state index in [2.05, 4.69) is 89.7 Å². The lowest BCUT2D eigenvalue weighted by molar-refractivity contribution is 0.618. The highest BCUT2D eigenvalue weighted by atomic mass is 32.2. The minimum Gasteiger partial charge on any atom is -0.242 e. The summed E-state index contributed by atoms with van der Waals surface area (Å²) in [7, 11) is -1.71. The molecule has 1 N–H and O–H groups in total. The van der Waals surface area contributed by atoms with Crippen LogP contribution in [0.5, 0.6) is 0 Å². The van der Waals surface area contributed by atoms with Crippen LogP contribution in [0.15, 0.2) is 91.0 Å². The average Bonchev–Trinajstić information content (AvgIpc) is 2.72. The van der Waals surface area contributed by atoms with Gasteiger partial charge in [-0.2, -0.15) is 0 Å².